The topological polar surface area (TPSA) is 86.8 Å². The van der Waals surface area contributed by atoms with Crippen molar-refractivity contribution in [2.75, 3.05) is 10.8 Å². The largest absolute Gasteiger partial charge is 0.350 e. The van der Waals surface area contributed by atoms with E-state index in [-0.39, 0.29) is 17.3 Å². The van der Waals surface area contributed by atoms with E-state index in [2.05, 4.69) is 5.32 Å². The minimum atomic E-state index is -4.15. The number of anilines is 1. The van der Waals surface area contributed by atoms with Gasteiger partial charge in [0, 0.05) is 12.1 Å². The maximum atomic E-state index is 14.0. The average Bonchev–Trinajstić information content (AvgIpc) is 2.86. The second-order valence-electron chi connectivity index (χ2n) is 11.2. The number of nitrogens with zero attached hydrogens (tertiary/aromatic N) is 2. The van der Waals surface area contributed by atoms with E-state index in [0.717, 1.165) is 15.4 Å². The summed E-state index contributed by atoms with van der Waals surface area (Å²) >= 11 is 0. The van der Waals surface area contributed by atoms with Crippen molar-refractivity contribution in [3.05, 3.63) is 94.8 Å². The second-order valence-corrected chi connectivity index (χ2v) is 13.0. The summed E-state index contributed by atoms with van der Waals surface area (Å²) in [6.45, 7) is 12.1. The highest BCUT2D eigenvalue weighted by atomic mass is 32.2. The molecule has 40 heavy (non-hydrogen) atoms. The summed E-state index contributed by atoms with van der Waals surface area (Å²) in [6, 6.07) is 16.5. The molecule has 2 amide bonds. The minimum Gasteiger partial charge on any atom is -0.350 e. The molecule has 3 aromatic rings. The highest BCUT2D eigenvalue weighted by Crippen LogP contribution is 2.28. The van der Waals surface area contributed by atoms with Gasteiger partial charge in [-0.2, -0.15) is 0 Å². The molecule has 1 N–H and O–H groups in total. The van der Waals surface area contributed by atoms with E-state index in [4.69, 9.17) is 0 Å². The first-order chi connectivity index (χ1) is 18.6. The molecule has 0 aliphatic heterocycles. The highest BCUT2D eigenvalue weighted by molar-refractivity contribution is 7.92. The van der Waals surface area contributed by atoms with Gasteiger partial charge in [0.15, 0.2) is 0 Å². The number of amides is 2. The molecule has 0 aliphatic rings. The molecule has 0 aliphatic carbocycles. The monoisotopic (exact) mass is 567 g/mol. The van der Waals surface area contributed by atoms with Gasteiger partial charge in [0.05, 0.1) is 10.6 Å². The maximum Gasteiger partial charge on any atom is 0.264 e. The van der Waals surface area contributed by atoms with Crippen LogP contribution in [0.5, 0.6) is 0 Å². The van der Waals surface area contributed by atoms with Crippen LogP contribution in [-0.2, 0) is 26.2 Å². The number of carbonyl (C=O) groups excluding carboxylic acids is 2. The van der Waals surface area contributed by atoms with Gasteiger partial charge in [-0.25, -0.2) is 12.8 Å². The molecule has 0 bridgehead atoms. The Morgan fingerprint density at radius 3 is 2.02 bits per heavy atom. The third-order valence-electron chi connectivity index (χ3n) is 6.44. The lowest BCUT2D eigenvalue weighted by Crippen LogP contribution is -2.54. The predicted molar refractivity (Wildman–Crippen MR) is 156 cm³/mol. The number of aryl methyl sites for hydroxylation is 3. The molecule has 0 radical (unpaired) electrons. The van der Waals surface area contributed by atoms with Crippen molar-refractivity contribution in [2.24, 2.45) is 0 Å². The van der Waals surface area contributed by atoms with Gasteiger partial charge < -0.3 is 10.2 Å². The van der Waals surface area contributed by atoms with Crippen LogP contribution in [0.3, 0.4) is 0 Å². The number of rotatable bonds is 9. The van der Waals surface area contributed by atoms with E-state index in [1.54, 1.807) is 38.1 Å². The molecule has 3 rings (SSSR count). The van der Waals surface area contributed by atoms with Crippen molar-refractivity contribution >= 4 is 27.5 Å². The van der Waals surface area contributed by atoms with Crippen LogP contribution in [0.15, 0.2) is 71.6 Å². The van der Waals surface area contributed by atoms with Crippen LogP contribution in [0.1, 0.15) is 49.9 Å². The Morgan fingerprint density at radius 2 is 1.48 bits per heavy atom. The molecule has 1 atom stereocenters. The van der Waals surface area contributed by atoms with E-state index < -0.39 is 39.9 Å². The number of hydrogen-bond acceptors (Lipinski definition) is 4. The first-order valence-electron chi connectivity index (χ1n) is 13.1. The van der Waals surface area contributed by atoms with Crippen molar-refractivity contribution in [2.45, 2.75) is 71.5 Å². The molecule has 0 aromatic heterocycles. The molecule has 9 heteroatoms. The number of hydrogen-bond donors (Lipinski definition) is 1. The van der Waals surface area contributed by atoms with Crippen LogP contribution in [0.2, 0.25) is 0 Å². The SMILES string of the molecule is Cc1ccc(S(=O)(=O)N(CC(=O)N(Cc2ccc(F)cc2)[C@@H](C)C(=O)NC(C)(C)C)c2ccc(C)cc2C)cc1. The van der Waals surface area contributed by atoms with Crippen molar-refractivity contribution in [1.82, 2.24) is 10.2 Å². The number of carbonyl (C=O) groups is 2. The summed E-state index contributed by atoms with van der Waals surface area (Å²) in [5, 5.41) is 2.89. The third kappa shape index (κ3) is 7.69. The number of sulfonamides is 1. The Morgan fingerprint density at radius 1 is 0.900 bits per heavy atom. The molecule has 0 fully saturated rings. The zero-order chi connectivity index (χ0) is 29.8. The predicted octanol–water partition coefficient (Wildman–Crippen LogP) is 5.28. The fourth-order valence-electron chi connectivity index (χ4n) is 4.28. The summed E-state index contributed by atoms with van der Waals surface area (Å²) in [6.07, 6.45) is 0. The Labute approximate surface area is 237 Å². The van der Waals surface area contributed by atoms with E-state index in [1.807, 2.05) is 40.7 Å². The smallest absolute Gasteiger partial charge is 0.264 e. The van der Waals surface area contributed by atoms with Crippen LogP contribution < -0.4 is 9.62 Å². The third-order valence-corrected chi connectivity index (χ3v) is 8.21. The zero-order valence-electron chi connectivity index (χ0n) is 24.2. The lowest BCUT2D eigenvalue weighted by molar-refractivity contribution is -0.140. The fraction of sp³-hybridized carbons (Fsp3) is 0.355. The molecular formula is C31H38FN3O4S. The molecule has 0 heterocycles. The first kappa shape index (κ1) is 30.8. The quantitative estimate of drug-likeness (QED) is 0.381. The molecule has 0 spiro atoms. The van der Waals surface area contributed by atoms with Gasteiger partial charge in [-0.3, -0.25) is 13.9 Å². The summed E-state index contributed by atoms with van der Waals surface area (Å²) in [5.41, 5.74) is 2.96. The Hall–Kier alpha value is -3.72. The first-order valence-corrected chi connectivity index (χ1v) is 14.5. The minimum absolute atomic E-state index is 0.0108. The van der Waals surface area contributed by atoms with Crippen molar-refractivity contribution in [3.63, 3.8) is 0 Å². The molecular weight excluding hydrogens is 529 g/mol. The summed E-state index contributed by atoms with van der Waals surface area (Å²) in [4.78, 5) is 28.5. The molecule has 7 nitrogen and oxygen atoms in total. The van der Waals surface area contributed by atoms with Crippen LogP contribution in [0.25, 0.3) is 0 Å². The summed E-state index contributed by atoms with van der Waals surface area (Å²) in [5.74, 6) is -1.38. The number of halogens is 1. The van der Waals surface area contributed by atoms with Gasteiger partial charge >= 0.3 is 0 Å². The van der Waals surface area contributed by atoms with Crippen LogP contribution in [0.4, 0.5) is 10.1 Å². The van der Waals surface area contributed by atoms with Crippen LogP contribution in [0, 0.1) is 26.6 Å². The van der Waals surface area contributed by atoms with Crippen LogP contribution >= 0.6 is 0 Å². The Bertz CT molecular complexity index is 1460. The molecule has 0 saturated heterocycles. The molecule has 0 unspecified atom stereocenters. The average molecular weight is 568 g/mol. The number of nitrogens with one attached hydrogen (secondary N) is 1. The normalized spacial score (nSPS) is 12.5. The highest BCUT2D eigenvalue weighted by Gasteiger charge is 2.33. The van der Waals surface area contributed by atoms with E-state index in [9.17, 15) is 22.4 Å². The van der Waals surface area contributed by atoms with Gasteiger partial charge in [0.2, 0.25) is 11.8 Å². The van der Waals surface area contributed by atoms with Gasteiger partial charge in [-0.05, 0) is 89.9 Å². The van der Waals surface area contributed by atoms with Gasteiger partial charge in [-0.15, -0.1) is 0 Å². The zero-order valence-corrected chi connectivity index (χ0v) is 25.0. The molecule has 214 valence electrons. The van der Waals surface area contributed by atoms with Crippen molar-refractivity contribution in [1.29, 1.82) is 0 Å². The van der Waals surface area contributed by atoms with Crippen molar-refractivity contribution in [3.8, 4) is 0 Å². The van der Waals surface area contributed by atoms with E-state index >= 15 is 0 Å². The van der Waals surface area contributed by atoms with E-state index in [0.29, 0.717) is 16.8 Å². The Balaban J connectivity index is 2.07. The standard InChI is InChI=1S/C31H38FN3O4S/c1-21-8-15-27(16-9-21)40(38,39)35(28-17-10-22(2)18-23(28)3)20-29(36)34(19-25-11-13-26(32)14-12-25)24(4)30(37)33-31(5,6)7/h8-18,24H,19-20H2,1-7H3,(H,33,37)/t24-/m0/s1. The lowest BCUT2D eigenvalue weighted by atomic mass is 10.1. The second kappa shape index (κ2) is 12.2. The molecule has 3 aromatic carbocycles. The number of benzene rings is 3. The summed E-state index contributed by atoms with van der Waals surface area (Å²) in [7, 11) is -4.15. The van der Waals surface area contributed by atoms with Gasteiger partial charge in [0.1, 0.15) is 18.4 Å². The maximum absolute atomic E-state index is 14.0. The van der Waals surface area contributed by atoms with Gasteiger partial charge in [-0.1, -0.05) is 47.5 Å². The fourth-order valence-corrected chi connectivity index (χ4v) is 5.76. The van der Waals surface area contributed by atoms with E-state index in [1.165, 1.54) is 41.3 Å². The van der Waals surface area contributed by atoms with Crippen molar-refractivity contribution < 1.29 is 22.4 Å². The lowest BCUT2D eigenvalue weighted by Gasteiger charge is -2.34. The van der Waals surface area contributed by atoms with Crippen LogP contribution in [-0.4, -0.2) is 43.3 Å². The molecule has 0 saturated carbocycles. The Kier molecular flexibility index (Phi) is 9.40. The summed E-state index contributed by atoms with van der Waals surface area (Å²) < 4.78 is 42.6. The van der Waals surface area contributed by atoms with Gasteiger partial charge in [0.25, 0.3) is 10.0 Å².